The van der Waals surface area contributed by atoms with E-state index in [4.69, 9.17) is 9.72 Å². The summed E-state index contributed by atoms with van der Waals surface area (Å²) in [6, 6.07) is 16.7. The van der Waals surface area contributed by atoms with E-state index in [1.54, 1.807) is 19.4 Å². The molecule has 5 nitrogen and oxygen atoms in total. The van der Waals surface area contributed by atoms with Gasteiger partial charge in [-0.05, 0) is 36.4 Å². The van der Waals surface area contributed by atoms with E-state index in [-0.39, 0.29) is 25.2 Å². The van der Waals surface area contributed by atoms with E-state index < -0.39 is 11.6 Å². The Morgan fingerprint density at radius 3 is 2.50 bits per heavy atom. The average molecular weight is 523 g/mol. The molecule has 34 heavy (non-hydrogen) atoms. The van der Waals surface area contributed by atoms with Gasteiger partial charge in [-0.2, -0.15) is 0 Å². The van der Waals surface area contributed by atoms with Crippen molar-refractivity contribution in [2.45, 2.75) is 14.0 Å². The highest BCUT2D eigenvalue weighted by Crippen LogP contribution is 2.35. The molecular weight excluding hydrogens is 502 g/mol. The quantitative estimate of drug-likeness (QED) is 0.316. The van der Waals surface area contributed by atoms with Crippen LogP contribution < -0.4 is 10.1 Å². The first-order chi connectivity index (χ1) is 16.0. The summed E-state index contributed by atoms with van der Waals surface area (Å²) in [5.74, 6) is -0.250. The van der Waals surface area contributed by atoms with Crippen molar-refractivity contribution >= 4 is 33.3 Å². The largest absolute Gasteiger partial charge is 0.497 e. The second-order valence-electron chi connectivity index (χ2n) is 7.38. The maximum atomic E-state index is 14.7. The third kappa shape index (κ3) is 4.41. The van der Waals surface area contributed by atoms with Gasteiger partial charge in [-0.25, -0.2) is 18.7 Å². The van der Waals surface area contributed by atoms with Gasteiger partial charge in [0.05, 0.1) is 30.6 Å². The maximum Gasteiger partial charge on any atom is 0.227 e. The molecule has 2 heterocycles. The van der Waals surface area contributed by atoms with Gasteiger partial charge < -0.3 is 10.1 Å². The fourth-order valence-corrected chi connectivity index (χ4v) is 4.11. The molecule has 0 aliphatic carbocycles. The molecule has 8 heteroatoms. The summed E-state index contributed by atoms with van der Waals surface area (Å²) in [7, 11) is 1.60. The summed E-state index contributed by atoms with van der Waals surface area (Å²) in [6.07, 6.45) is 1.68. The van der Waals surface area contributed by atoms with Crippen LogP contribution in [0.2, 0.25) is 0 Å². The number of ether oxygens (including phenoxy) is 1. The fourth-order valence-electron chi connectivity index (χ4n) is 3.75. The minimum absolute atomic E-state index is 0. The first kappa shape index (κ1) is 23.5. The second-order valence-corrected chi connectivity index (χ2v) is 8.29. The number of hydrogen-bond acceptors (Lipinski definition) is 5. The van der Waals surface area contributed by atoms with Gasteiger partial charge in [-0.1, -0.05) is 41.6 Å². The molecule has 1 aliphatic rings. The topological polar surface area (TPSA) is 59.4 Å². The first-order valence-electron chi connectivity index (χ1n) is 10.1. The van der Waals surface area contributed by atoms with Crippen molar-refractivity contribution in [2.24, 2.45) is 4.99 Å². The molecule has 0 bridgehead atoms. The summed E-state index contributed by atoms with van der Waals surface area (Å²) < 4.78 is 35.4. The van der Waals surface area contributed by atoms with Gasteiger partial charge in [0, 0.05) is 39.1 Å². The lowest BCUT2D eigenvalue weighted by molar-refractivity contribution is 0.415. The summed E-state index contributed by atoms with van der Waals surface area (Å²) in [5.41, 5.74) is 3.54. The highest BCUT2D eigenvalue weighted by molar-refractivity contribution is 9.10. The molecular formula is C26H21BrF2N4O. The van der Waals surface area contributed by atoms with E-state index in [1.165, 1.54) is 18.2 Å². The first-order valence-corrected chi connectivity index (χ1v) is 10.9. The number of aromatic nitrogens is 2. The van der Waals surface area contributed by atoms with E-state index >= 15 is 0 Å². The predicted octanol–water partition coefficient (Wildman–Crippen LogP) is 6.92. The molecule has 172 valence electrons. The van der Waals surface area contributed by atoms with Gasteiger partial charge in [-0.15, -0.1) is 0 Å². The Kier molecular flexibility index (Phi) is 6.70. The predicted molar refractivity (Wildman–Crippen MR) is 134 cm³/mol. The van der Waals surface area contributed by atoms with E-state index in [1.807, 2.05) is 36.4 Å². The van der Waals surface area contributed by atoms with Crippen molar-refractivity contribution < 1.29 is 13.5 Å². The van der Waals surface area contributed by atoms with Crippen molar-refractivity contribution in [1.82, 2.24) is 9.97 Å². The number of benzene rings is 3. The Morgan fingerprint density at radius 1 is 0.971 bits per heavy atom. The van der Waals surface area contributed by atoms with Crippen LogP contribution in [0.3, 0.4) is 0 Å². The fraction of sp³-hybridized carbons (Fsp3) is 0.115. The van der Waals surface area contributed by atoms with Crippen molar-refractivity contribution in [3.05, 3.63) is 99.7 Å². The Bertz CT molecular complexity index is 1390. The van der Waals surface area contributed by atoms with Gasteiger partial charge in [0.15, 0.2) is 0 Å². The van der Waals surface area contributed by atoms with Crippen LogP contribution in [0.15, 0.2) is 76.3 Å². The van der Waals surface area contributed by atoms with Crippen molar-refractivity contribution in [3.8, 4) is 17.0 Å². The number of nitrogens with one attached hydrogen (secondary N) is 1. The van der Waals surface area contributed by atoms with Gasteiger partial charge in [0.25, 0.3) is 0 Å². The van der Waals surface area contributed by atoms with Crippen molar-refractivity contribution in [3.63, 3.8) is 0 Å². The van der Waals surface area contributed by atoms with Crippen LogP contribution >= 0.6 is 15.9 Å². The minimum Gasteiger partial charge on any atom is -0.497 e. The molecule has 0 fully saturated rings. The number of hydrogen-bond donors (Lipinski definition) is 1. The number of halogens is 3. The zero-order valence-corrected chi connectivity index (χ0v) is 19.0. The van der Waals surface area contributed by atoms with Gasteiger partial charge in [0.1, 0.15) is 17.4 Å². The van der Waals surface area contributed by atoms with Gasteiger partial charge in [-0.3, -0.25) is 4.99 Å². The van der Waals surface area contributed by atoms with Crippen LogP contribution in [0.25, 0.3) is 11.3 Å². The Hall–Kier alpha value is -3.65. The van der Waals surface area contributed by atoms with E-state index in [2.05, 4.69) is 31.2 Å². The van der Waals surface area contributed by atoms with Crippen LogP contribution in [0, 0.1) is 11.6 Å². The number of rotatable bonds is 4. The molecule has 0 amide bonds. The Balaban J connectivity index is 0.00000274. The van der Waals surface area contributed by atoms with Crippen LogP contribution in [0.4, 0.5) is 20.4 Å². The average Bonchev–Trinajstić information content (AvgIpc) is 2.96. The Morgan fingerprint density at radius 2 is 1.74 bits per heavy atom. The lowest BCUT2D eigenvalue weighted by Crippen LogP contribution is -2.10. The molecule has 3 aromatic carbocycles. The smallest absolute Gasteiger partial charge is 0.227 e. The standard InChI is InChI=1S/C25H17BrF2N4O.CH4/c1-33-17-5-2-4-16(11-17)31-25-30-13-14-12-29-24(22-20(27)6-3-7-21(22)28)19-10-15(26)8-9-18(19)23(14)32-25;/h2-11,13H,12H2,1H3,(H,30,31,32);1H4. The number of fused-ring (bicyclic) bond motifs is 3. The molecule has 0 unspecified atom stereocenters. The third-order valence-corrected chi connectivity index (χ3v) is 5.78. The van der Waals surface area contributed by atoms with Crippen molar-refractivity contribution in [2.75, 3.05) is 12.4 Å². The molecule has 4 aromatic rings. The Labute approximate surface area is 204 Å². The molecule has 0 radical (unpaired) electrons. The highest BCUT2D eigenvalue weighted by Gasteiger charge is 2.25. The van der Waals surface area contributed by atoms with Gasteiger partial charge in [0.2, 0.25) is 5.95 Å². The summed E-state index contributed by atoms with van der Waals surface area (Å²) >= 11 is 3.47. The van der Waals surface area contributed by atoms with Crippen LogP contribution in [-0.2, 0) is 6.54 Å². The van der Waals surface area contributed by atoms with E-state index in [0.717, 1.165) is 15.7 Å². The van der Waals surface area contributed by atoms with Crippen LogP contribution in [0.1, 0.15) is 24.1 Å². The maximum absolute atomic E-state index is 14.7. The zero-order chi connectivity index (χ0) is 22.9. The monoisotopic (exact) mass is 522 g/mol. The SMILES string of the molecule is C.COc1cccc(Nc2ncc3c(n2)-c2ccc(Br)cc2C(c2c(F)cccc2F)=NC3)c1. The van der Waals surface area contributed by atoms with Crippen LogP contribution in [0.5, 0.6) is 5.75 Å². The van der Waals surface area contributed by atoms with Crippen LogP contribution in [-0.4, -0.2) is 22.8 Å². The van der Waals surface area contributed by atoms with E-state index in [0.29, 0.717) is 28.5 Å². The molecule has 0 atom stereocenters. The molecule has 1 N–H and O–H groups in total. The molecule has 5 rings (SSSR count). The number of methoxy groups -OCH3 is 1. The number of nitrogens with zero attached hydrogens (tertiary/aromatic N) is 3. The number of anilines is 2. The number of aliphatic imine (C=N–C) groups is 1. The summed E-state index contributed by atoms with van der Waals surface area (Å²) in [6.45, 7) is 0.185. The van der Waals surface area contributed by atoms with E-state index in [9.17, 15) is 8.78 Å². The third-order valence-electron chi connectivity index (χ3n) is 5.29. The summed E-state index contributed by atoms with van der Waals surface area (Å²) in [5, 5.41) is 3.18. The molecule has 1 aliphatic heterocycles. The normalized spacial score (nSPS) is 11.9. The van der Waals surface area contributed by atoms with Gasteiger partial charge >= 0.3 is 0 Å². The zero-order valence-electron chi connectivity index (χ0n) is 17.4. The lowest BCUT2D eigenvalue weighted by atomic mass is 9.95. The second kappa shape index (κ2) is 9.69. The molecule has 0 saturated heterocycles. The van der Waals surface area contributed by atoms with Crippen molar-refractivity contribution in [1.29, 1.82) is 0 Å². The molecule has 1 aromatic heterocycles. The molecule has 0 saturated carbocycles. The molecule has 0 spiro atoms. The summed E-state index contributed by atoms with van der Waals surface area (Å²) in [4.78, 5) is 13.7. The lowest BCUT2D eigenvalue weighted by Gasteiger charge is -2.13. The minimum atomic E-state index is -0.669. The highest BCUT2D eigenvalue weighted by atomic mass is 79.9.